The number of imide groups is 1. The topological polar surface area (TPSA) is 124 Å². The van der Waals surface area contributed by atoms with Gasteiger partial charge in [-0.25, -0.2) is 9.78 Å². The molecule has 1 saturated carbocycles. The maximum Gasteiger partial charge on any atom is 0.321 e. The molecule has 2 aromatic rings. The van der Waals surface area contributed by atoms with Crippen LogP contribution in [0.15, 0.2) is 24.3 Å². The highest BCUT2D eigenvalue weighted by atomic mass is 35.5. The fraction of sp³-hybridized carbons (Fsp3) is 0.480. The highest BCUT2D eigenvalue weighted by Crippen LogP contribution is 2.28. The summed E-state index contributed by atoms with van der Waals surface area (Å²) in [6, 6.07) is 4.54. The molecule has 1 fully saturated rings. The lowest BCUT2D eigenvalue weighted by Crippen LogP contribution is -2.57. The number of likely N-dealkylation sites (N-methyl/N-ethyl adjacent to an activating group) is 1. The molecule has 206 valence electrons. The van der Waals surface area contributed by atoms with Crippen molar-refractivity contribution in [3.8, 4) is 0 Å². The average molecular weight is 584 g/mol. The number of fused-ring (bicyclic) bond motifs is 1. The molecule has 5 amide bonds. The van der Waals surface area contributed by atoms with Crippen LogP contribution in [0.5, 0.6) is 0 Å². The van der Waals surface area contributed by atoms with Crippen LogP contribution in [0.4, 0.5) is 4.79 Å². The van der Waals surface area contributed by atoms with Crippen molar-refractivity contribution in [2.45, 2.75) is 44.3 Å². The molecular formula is C25H32Cl2N6O4S. The number of carbonyl (C=O) groups excluding carboxylic acids is 4. The molecule has 10 nitrogen and oxygen atoms in total. The van der Waals surface area contributed by atoms with E-state index in [4.69, 9.17) is 11.6 Å². The molecule has 0 spiro atoms. The molecule has 2 aliphatic rings. The molecule has 3 N–H and O–H groups in total. The lowest BCUT2D eigenvalue weighted by molar-refractivity contribution is -0.134. The van der Waals surface area contributed by atoms with Gasteiger partial charge in [0.25, 0.3) is 11.8 Å². The number of aromatic nitrogens is 1. The molecule has 1 aliphatic heterocycles. The van der Waals surface area contributed by atoms with Gasteiger partial charge in [-0.15, -0.1) is 23.7 Å². The minimum absolute atomic E-state index is 0. The van der Waals surface area contributed by atoms with Gasteiger partial charge in [0.05, 0.1) is 17.8 Å². The van der Waals surface area contributed by atoms with Crippen molar-refractivity contribution in [2.24, 2.45) is 5.92 Å². The number of halogens is 2. The van der Waals surface area contributed by atoms with Gasteiger partial charge < -0.3 is 20.4 Å². The second-order valence-corrected chi connectivity index (χ2v) is 11.3. The average Bonchev–Trinajstić information content (AvgIpc) is 3.28. The summed E-state index contributed by atoms with van der Waals surface area (Å²) in [5.74, 6) is -1.19. The molecule has 1 aromatic carbocycles. The lowest BCUT2D eigenvalue weighted by Gasteiger charge is -2.37. The third kappa shape index (κ3) is 7.22. The second kappa shape index (κ2) is 12.9. The Kier molecular flexibility index (Phi) is 10.1. The largest absolute Gasteiger partial charge is 0.349 e. The first-order valence-corrected chi connectivity index (χ1v) is 13.4. The van der Waals surface area contributed by atoms with Gasteiger partial charge >= 0.3 is 6.03 Å². The minimum Gasteiger partial charge on any atom is -0.349 e. The molecule has 1 aliphatic carbocycles. The van der Waals surface area contributed by atoms with Crippen molar-refractivity contribution in [3.05, 3.63) is 50.4 Å². The van der Waals surface area contributed by atoms with Crippen LogP contribution in [0.25, 0.3) is 0 Å². The summed E-state index contributed by atoms with van der Waals surface area (Å²) in [6.07, 6.45) is 2.19. The van der Waals surface area contributed by atoms with Crippen molar-refractivity contribution in [2.75, 3.05) is 27.7 Å². The predicted octanol–water partition coefficient (Wildman–Crippen LogP) is 2.70. The number of rotatable bonds is 5. The van der Waals surface area contributed by atoms with Crippen LogP contribution in [0.1, 0.15) is 50.0 Å². The molecule has 0 saturated heterocycles. The Morgan fingerprint density at radius 3 is 2.45 bits per heavy atom. The zero-order valence-corrected chi connectivity index (χ0v) is 23.8. The first-order chi connectivity index (χ1) is 17.6. The molecule has 0 unspecified atom stereocenters. The number of thiazole rings is 1. The quantitative estimate of drug-likeness (QED) is 0.498. The third-order valence-electron chi connectivity index (χ3n) is 6.72. The molecule has 2 heterocycles. The van der Waals surface area contributed by atoms with Crippen LogP contribution in [0.3, 0.4) is 0 Å². The number of amides is 5. The van der Waals surface area contributed by atoms with Gasteiger partial charge in [0.2, 0.25) is 5.91 Å². The van der Waals surface area contributed by atoms with Crippen molar-refractivity contribution in [1.82, 2.24) is 30.7 Å². The number of nitrogens with one attached hydrogen (secondary N) is 3. The number of benzene rings is 1. The molecule has 0 radical (unpaired) electrons. The van der Waals surface area contributed by atoms with E-state index in [-0.39, 0.29) is 30.1 Å². The normalized spacial score (nSPS) is 20.9. The molecular weight excluding hydrogens is 551 g/mol. The van der Waals surface area contributed by atoms with Crippen LogP contribution in [-0.4, -0.2) is 78.3 Å². The summed E-state index contributed by atoms with van der Waals surface area (Å²) in [6.45, 7) is 1.65. The molecule has 1 aromatic heterocycles. The second-order valence-electron chi connectivity index (χ2n) is 9.74. The Balaban J connectivity index is 0.00000400. The Bertz CT molecular complexity index is 1190. The van der Waals surface area contributed by atoms with E-state index in [0.29, 0.717) is 34.9 Å². The van der Waals surface area contributed by atoms with E-state index < -0.39 is 24.0 Å². The fourth-order valence-corrected chi connectivity index (χ4v) is 5.94. The molecule has 4 rings (SSSR count). The summed E-state index contributed by atoms with van der Waals surface area (Å²) in [7, 11) is 5.44. The van der Waals surface area contributed by atoms with E-state index in [1.165, 1.54) is 23.5 Å². The lowest BCUT2D eigenvalue weighted by atomic mass is 9.81. The number of carbonyl (C=O) groups is 4. The summed E-state index contributed by atoms with van der Waals surface area (Å²) in [5, 5.41) is 9.01. The van der Waals surface area contributed by atoms with Crippen LogP contribution in [0, 0.1) is 5.92 Å². The first-order valence-electron chi connectivity index (χ1n) is 12.2. The molecule has 0 bridgehead atoms. The van der Waals surface area contributed by atoms with Gasteiger partial charge in [0.15, 0.2) is 5.01 Å². The van der Waals surface area contributed by atoms with Crippen molar-refractivity contribution in [1.29, 1.82) is 0 Å². The number of hydrogen-bond acceptors (Lipinski definition) is 7. The zero-order chi connectivity index (χ0) is 26.7. The van der Waals surface area contributed by atoms with E-state index in [1.807, 2.05) is 7.05 Å². The first kappa shape index (κ1) is 29.8. The Morgan fingerprint density at radius 2 is 1.76 bits per heavy atom. The maximum absolute atomic E-state index is 13.2. The van der Waals surface area contributed by atoms with Gasteiger partial charge in [0, 0.05) is 55.0 Å². The van der Waals surface area contributed by atoms with Gasteiger partial charge in [-0.1, -0.05) is 11.6 Å². The Hall–Kier alpha value is -2.73. The van der Waals surface area contributed by atoms with Crippen LogP contribution >= 0.6 is 35.3 Å². The standard InChI is InChI=1S/C25H31ClN6O4S.ClH/c1-31(2)24(35)15-6-9-17(29-25(36)30-21(33)14-4-7-16(26)8-5-14)19(12-15)27-22(34)23-28-18-10-11-32(3)13-20(18)37-23;/h4-5,7-8,15,17,19H,6,9-13H2,1-3H3,(H,27,34)(H2,29,30,33,36);1H/t15-,17-,19+;/m0./s1. The van der Waals surface area contributed by atoms with Gasteiger partial charge in [-0.05, 0) is 50.6 Å². The molecule has 38 heavy (non-hydrogen) atoms. The SMILES string of the molecule is CN1CCc2nc(C(=O)N[C@@H]3C[C@@H](C(=O)N(C)C)CC[C@@H]3NC(=O)NC(=O)c3ccc(Cl)cc3)sc2C1.Cl. The summed E-state index contributed by atoms with van der Waals surface area (Å²) >= 11 is 7.24. The number of nitrogens with zero attached hydrogens (tertiary/aromatic N) is 3. The van der Waals surface area contributed by atoms with Crippen LogP contribution < -0.4 is 16.0 Å². The van der Waals surface area contributed by atoms with E-state index in [0.717, 1.165) is 30.1 Å². The maximum atomic E-state index is 13.2. The van der Waals surface area contributed by atoms with Crippen molar-refractivity contribution >= 4 is 59.1 Å². The van der Waals surface area contributed by atoms with Gasteiger partial charge in [-0.2, -0.15) is 0 Å². The minimum atomic E-state index is -0.672. The highest BCUT2D eigenvalue weighted by Gasteiger charge is 2.37. The molecule has 13 heteroatoms. The summed E-state index contributed by atoms with van der Waals surface area (Å²) < 4.78 is 0. The number of urea groups is 1. The van der Waals surface area contributed by atoms with Crippen molar-refractivity contribution < 1.29 is 19.2 Å². The van der Waals surface area contributed by atoms with E-state index in [9.17, 15) is 19.2 Å². The van der Waals surface area contributed by atoms with E-state index in [1.54, 1.807) is 31.1 Å². The fourth-order valence-electron chi connectivity index (χ4n) is 4.72. The summed E-state index contributed by atoms with van der Waals surface area (Å²) in [4.78, 5) is 60.3. The van der Waals surface area contributed by atoms with Crippen LogP contribution in [-0.2, 0) is 17.8 Å². The number of hydrogen-bond donors (Lipinski definition) is 3. The Morgan fingerprint density at radius 1 is 1.05 bits per heavy atom. The van der Waals surface area contributed by atoms with E-state index >= 15 is 0 Å². The smallest absolute Gasteiger partial charge is 0.321 e. The van der Waals surface area contributed by atoms with Crippen molar-refractivity contribution in [3.63, 3.8) is 0 Å². The van der Waals surface area contributed by atoms with Gasteiger partial charge in [-0.3, -0.25) is 19.7 Å². The highest BCUT2D eigenvalue weighted by molar-refractivity contribution is 7.13. The zero-order valence-electron chi connectivity index (χ0n) is 21.5. The monoisotopic (exact) mass is 582 g/mol. The third-order valence-corrected chi connectivity index (χ3v) is 8.06. The van der Waals surface area contributed by atoms with Crippen LogP contribution in [0.2, 0.25) is 5.02 Å². The van der Waals surface area contributed by atoms with E-state index in [2.05, 4.69) is 25.8 Å². The Labute approximate surface area is 236 Å². The summed E-state index contributed by atoms with van der Waals surface area (Å²) in [5.41, 5.74) is 1.25. The van der Waals surface area contributed by atoms with Gasteiger partial charge in [0.1, 0.15) is 0 Å². The molecule has 3 atom stereocenters. The predicted molar refractivity (Wildman–Crippen MR) is 148 cm³/mol.